The largest absolute Gasteiger partial charge is 0.367 e. The van der Waals surface area contributed by atoms with Crippen LogP contribution in [-0.2, 0) is 21.9 Å². The minimum absolute atomic E-state index is 0.0210. The molecule has 4 aromatic rings. The van der Waals surface area contributed by atoms with Crippen molar-refractivity contribution in [1.82, 2.24) is 20.1 Å². The lowest BCUT2D eigenvalue weighted by Crippen LogP contribution is -2.31. The molecule has 0 saturated heterocycles. The average Bonchev–Trinajstić information content (AvgIpc) is 3.28. The number of carbonyl (C=O) groups is 1. The zero-order valence-corrected chi connectivity index (χ0v) is 21.1. The first-order chi connectivity index (χ1) is 17.0. The molecule has 1 amide bonds. The zero-order valence-electron chi connectivity index (χ0n) is 20.3. The number of aryl methyl sites for hydroxylation is 2. The SMILES string of the molecule is Cc1ccc(-n2c(SCc3cccc(C)c3)nnc2C(C)NC(=O)COCc2ccccc2)cc1. The first-order valence-corrected chi connectivity index (χ1v) is 12.6. The second-order valence-corrected chi connectivity index (χ2v) is 9.50. The molecule has 6 nitrogen and oxygen atoms in total. The molecule has 180 valence electrons. The molecule has 1 N–H and O–H groups in total. The molecule has 7 heteroatoms. The third-order valence-corrected chi connectivity index (χ3v) is 6.51. The van der Waals surface area contributed by atoms with Gasteiger partial charge in [0.15, 0.2) is 11.0 Å². The van der Waals surface area contributed by atoms with Crippen LogP contribution < -0.4 is 5.32 Å². The molecule has 0 aliphatic carbocycles. The van der Waals surface area contributed by atoms with E-state index >= 15 is 0 Å². The maximum Gasteiger partial charge on any atom is 0.246 e. The Labute approximate surface area is 210 Å². The van der Waals surface area contributed by atoms with Crippen LogP contribution in [0.2, 0.25) is 0 Å². The number of ether oxygens (including phenoxy) is 1. The van der Waals surface area contributed by atoms with E-state index in [4.69, 9.17) is 4.74 Å². The number of thioether (sulfide) groups is 1. The van der Waals surface area contributed by atoms with E-state index in [1.54, 1.807) is 11.8 Å². The fourth-order valence-electron chi connectivity index (χ4n) is 3.72. The first kappa shape index (κ1) is 24.7. The van der Waals surface area contributed by atoms with Crippen molar-refractivity contribution in [2.75, 3.05) is 6.61 Å². The molecule has 0 aliphatic heterocycles. The number of aromatic nitrogens is 3. The van der Waals surface area contributed by atoms with Crippen LogP contribution in [0.15, 0.2) is 84.0 Å². The van der Waals surface area contributed by atoms with Crippen molar-refractivity contribution in [3.05, 3.63) is 107 Å². The van der Waals surface area contributed by atoms with Crippen LogP contribution in [0.25, 0.3) is 5.69 Å². The summed E-state index contributed by atoms with van der Waals surface area (Å²) < 4.78 is 7.61. The number of rotatable bonds is 10. The monoisotopic (exact) mass is 486 g/mol. The van der Waals surface area contributed by atoms with E-state index < -0.39 is 0 Å². The number of nitrogens with one attached hydrogen (secondary N) is 1. The van der Waals surface area contributed by atoms with Gasteiger partial charge in [0.1, 0.15) is 6.61 Å². The number of hydrogen-bond acceptors (Lipinski definition) is 5. The van der Waals surface area contributed by atoms with Crippen molar-refractivity contribution in [3.63, 3.8) is 0 Å². The molecule has 1 heterocycles. The maximum absolute atomic E-state index is 12.6. The zero-order chi connectivity index (χ0) is 24.6. The van der Waals surface area contributed by atoms with Crippen LogP contribution in [0.3, 0.4) is 0 Å². The third kappa shape index (κ3) is 6.81. The van der Waals surface area contributed by atoms with Gasteiger partial charge >= 0.3 is 0 Å². The molecule has 0 radical (unpaired) electrons. The minimum Gasteiger partial charge on any atom is -0.367 e. The molecule has 1 unspecified atom stereocenters. The fourth-order valence-corrected chi connectivity index (χ4v) is 4.63. The predicted molar refractivity (Wildman–Crippen MR) is 139 cm³/mol. The third-order valence-electron chi connectivity index (χ3n) is 5.51. The molecule has 0 aliphatic rings. The van der Waals surface area contributed by atoms with E-state index in [0.717, 1.165) is 22.2 Å². The van der Waals surface area contributed by atoms with Crippen molar-refractivity contribution in [2.45, 2.75) is 44.3 Å². The van der Waals surface area contributed by atoms with Crippen LogP contribution >= 0.6 is 11.8 Å². The molecule has 4 rings (SSSR count). The van der Waals surface area contributed by atoms with Gasteiger partial charge in [0, 0.05) is 11.4 Å². The summed E-state index contributed by atoms with van der Waals surface area (Å²) in [6, 6.07) is 26.1. The van der Waals surface area contributed by atoms with Crippen LogP contribution in [0.1, 0.15) is 41.0 Å². The topological polar surface area (TPSA) is 69.0 Å². The molecule has 1 aromatic heterocycles. The summed E-state index contributed by atoms with van der Waals surface area (Å²) in [6.45, 7) is 6.44. The smallest absolute Gasteiger partial charge is 0.246 e. The van der Waals surface area contributed by atoms with Gasteiger partial charge in [-0.15, -0.1) is 10.2 Å². The quantitative estimate of drug-likeness (QED) is 0.297. The molecule has 0 bridgehead atoms. The molecule has 35 heavy (non-hydrogen) atoms. The highest BCUT2D eigenvalue weighted by Crippen LogP contribution is 2.28. The van der Waals surface area contributed by atoms with Crippen LogP contribution in [-0.4, -0.2) is 27.3 Å². The van der Waals surface area contributed by atoms with E-state index in [2.05, 4.69) is 77.9 Å². The Hall–Kier alpha value is -3.42. The Morgan fingerprint density at radius 2 is 1.69 bits per heavy atom. The van der Waals surface area contributed by atoms with Gasteiger partial charge in [-0.25, -0.2) is 0 Å². The summed E-state index contributed by atoms with van der Waals surface area (Å²) in [5.74, 6) is 1.26. The van der Waals surface area contributed by atoms with Gasteiger partial charge in [-0.1, -0.05) is 89.6 Å². The van der Waals surface area contributed by atoms with E-state index in [-0.39, 0.29) is 18.6 Å². The molecule has 3 aromatic carbocycles. The average molecular weight is 487 g/mol. The first-order valence-electron chi connectivity index (χ1n) is 11.6. The normalized spacial score (nSPS) is 11.9. The van der Waals surface area contributed by atoms with E-state index in [1.807, 2.05) is 41.8 Å². The van der Waals surface area contributed by atoms with Gasteiger partial charge in [0.2, 0.25) is 5.91 Å². The lowest BCUT2D eigenvalue weighted by Gasteiger charge is -2.16. The minimum atomic E-state index is -0.343. The number of benzene rings is 3. The Morgan fingerprint density at radius 3 is 2.43 bits per heavy atom. The highest BCUT2D eigenvalue weighted by molar-refractivity contribution is 7.98. The fraction of sp³-hybridized carbons (Fsp3) is 0.250. The molecular weight excluding hydrogens is 456 g/mol. The number of hydrogen-bond donors (Lipinski definition) is 1. The van der Waals surface area contributed by atoms with Crippen molar-refractivity contribution >= 4 is 17.7 Å². The van der Waals surface area contributed by atoms with Crippen molar-refractivity contribution in [3.8, 4) is 5.69 Å². The van der Waals surface area contributed by atoms with Crippen molar-refractivity contribution in [2.24, 2.45) is 0 Å². The maximum atomic E-state index is 12.6. The second-order valence-electron chi connectivity index (χ2n) is 8.56. The van der Waals surface area contributed by atoms with Crippen LogP contribution in [0.5, 0.6) is 0 Å². The molecule has 1 atom stereocenters. The predicted octanol–water partition coefficient (Wildman–Crippen LogP) is 5.57. The summed E-state index contributed by atoms with van der Waals surface area (Å²) in [5.41, 5.74) is 5.63. The summed E-state index contributed by atoms with van der Waals surface area (Å²) in [7, 11) is 0. The van der Waals surface area contributed by atoms with Gasteiger partial charge in [-0.05, 0) is 44.0 Å². The van der Waals surface area contributed by atoms with Crippen molar-refractivity contribution < 1.29 is 9.53 Å². The molecule has 0 spiro atoms. The number of carbonyl (C=O) groups excluding carboxylic acids is 1. The Morgan fingerprint density at radius 1 is 0.943 bits per heavy atom. The van der Waals surface area contributed by atoms with E-state index in [0.29, 0.717) is 12.4 Å². The summed E-state index contributed by atoms with van der Waals surface area (Å²) in [4.78, 5) is 12.6. The lowest BCUT2D eigenvalue weighted by atomic mass is 10.2. The molecular formula is C28H30N4O2S. The summed E-state index contributed by atoms with van der Waals surface area (Å²) in [6.07, 6.45) is 0. The highest BCUT2D eigenvalue weighted by Gasteiger charge is 2.21. The summed E-state index contributed by atoms with van der Waals surface area (Å²) in [5, 5.41) is 12.7. The van der Waals surface area contributed by atoms with Crippen LogP contribution in [0, 0.1) is 13.8 Å². The van der Waals surface area contributed by atoms with E-state index in [1.165, 1.54) is 16.7 Å². The summed E-state index contributed by atoms with van der Waals surface area (Å²) >= 11 is 1.63. The van der Waals surface area contributed by atoms with Crippen LogP contribution in [0.4, 0.5) is 0 Å². The Bertz CT molecular complexity index is 1260. The Kier molecular flexibility index (Phi) is 8.34. The standard InChI is InChI=1S/C28H30N4O2S/c1-20-12-14-25(15-13-20)32-27(30-31-28(32)35-19-24-11-7-8-21(2)16-24)22(3)29-26(33)18-34-17-23-9-5-4-6-10-23/h4-16,22H,17-19H2,1-3H3,(H,29,33). The lowest BCUT2D eigenvalue weighted by molar-refractivity contribution is -0.126. The van der Waals surface area contributed by atoms with Crippen molar-refractivity contribution in [1.29, 1.82) is 0 Å². The second kappa shape index (κ2) is 11.8. The van der Waals surface area contributed by atoms with Gasteiger partial charge < -0.3 is 10.1 Å². The molecule has 0 saturated carbocycles. The van der Waals surface area contributed by atoms with Gasteiger partial charge in [-0.3, -0.25) is 9.36 Å². The molecule has 0 fully saturated rings. The highest BCUT2D eigenvalue weighted by atomic mass is 32.2. The number of amides is 1. The van der Waals surface area contributed by atoms with Gasteiger partial charge in [-0.2, -0.15) is 0 Å². The van der Waals surface area contributed by atoms with Gasteiger partial charge in [0.05, 0.1) is 12.6 Å². The Balaban J connectivity index is 1.47. The van der Waals surface area contributed by atoms with Gasteiger partial charge in [0.25, 0.3) is 0 Å². The number of nitrogens with zero attached hydrogens (tertiary/aromatic N) is 3. The van der Waals surface area contributed by atoms with E-state index in [9.17, 15) is 4.79 Å².